The van der Waals surface area contributed by atoms with Gasteiger partial charge < -0.3 is 10.6 Å². The van der Waals surface area contributed by atoms with Crippen molar-refractivity contribution in [3.05, 3.63) is 34.6 Å². The molecule has 1 aromatic rings. The van der Waals surface area contributed by atoms with Crippen LogP contribution in [0.2, 0.25) is 5.02 Å². The first kappa shape index (κ1) is 11.2. The monoisotopic (exact) mass is 241 g/mol. The fourth-order valence-electron chi connectivity index (χ4n) is 1.53. The molecule has 86 valence electrons. The van der Waals surface area contributed by atoms with Crippen molar-refractivity contribution < 1.29 is 4.39 Å². The molecule has 1 aliphatic rings. The highest BCUT2D eigenvalue weighted by Crippen LogP contribution is 2.18. The third-order valence-electron chi connectivity index (χ3n) is 2.40. The highest BCUT2D eigenvalue weighted by Gasteiger charge is 2.13. The van der Waals surface area contributed by atoms with E-state index >= 15 is 0 Å². The second kappa shape index (κ2) is 4.70. The Balaban J connectivity index is 2.00. The first-order valence-corrected chi connectivity index (χ1v) is 5.52. The SMILES string of the molecule is CC1CN=C(NCc2c(F)cccc2Cl)N1. The van der Waals surface area contributed by atoms with E-state index in [1.165, 1.54) is 6.07 Å². The fraction of sp³-hybridized carbons (Fsp3) is 0.364. The summed E-state index contributed by atoms with van der Waals surface area (Å²) in [6, 6.07) is 5.00. The number of benzene rings is 1. The van der Waals surface area contributed by atoms with Crippen LogP contribution in [0.5, 0.6) is 0 Å². The van der Waals surface area contributed by atoms with Gasteiger partial charge in [-0.2, -0.15) is 0 Å². The van der Waals surface area contributed by atoms with E-state index in [-0.39, 0.29) is 5.82 Å². The standard InChI is InChI=1S/C11H13ClFN3/c1-7-5-14-11(16-7)15-6-8-9(12)3-2-4-10(8)13/h2-4,7H,5-6H2,1H3,(H2,14,15,16). The molecule has 0 saturated heterocycles. The maximum absolute atomic E-state index is 13.4. The summed E-state index contributed by atoms with van der Waals surface area (Å²) in [4.78, 5) is 4.22. The Bertz CT molecular complexity index is 399. The minimum atomic E-state index is -0.299. The molecule has 5 heteroatoms. The van der Waals surface area contributed by atoms with Crippen molar-refractivity contribution in [1.29, 1.82) is 0 Å². The largest absolute Gasteiger partial charge is 0.352 e. The first-order valence-electron chi connectivity index (χ1n) is 5.14. The van der Waals surface area contributed by atoms with Gasteiger partial charge in [-0.05, 0) is 19.1 Å². The Morgan fingerprint density at radius 1 is 1.62 bits per heavy atom. The van der Waals surface area contributed by atoms with Crippen LogP contribution in [-0.4, -0.2) is 18.5 Å². The van der Waals surface area contributed by atoms with Crippen LogP contribution in [0.15, 0.2) is 23.2 Å². The summed E-state index contributed by atoms with van der Waals surface area (Å²) >= 11 is 5.90. The summed E-state index contributed by atoms with van der Waals surface area (Å²) in [5, 5.41) is 6.59. The Morgan fingerprint density at radius 2 is 2.44 bits per heavy atom. The highest BCUT2D eigenvalue weighted by atomic mass is 35.5. The van der Waals surface area contributed by atoms with Crippen molar-refractivity contribution in [2.45, 2.75) is 19.5 Å². The number of halogens is 2. The van der Waals surface area contributed by atoms with Gasteiger partial charge in [-0.3, -0.25) is 4.99 Å². The number of hydrogen-bond acceptors (Lipinski definition) is 3. The molecule has 0 aromatic heterocycles. The van der Waals surface area contributed by atoms with E-state index in [4.69, 9.17) is 11.6 Å². The molecule has 0 radical (unpaired) electrons. The van der Waals surface area contributed by atoms with Crippen molar-refractivity contribution in [1.82, 2.24) is 10.6 Å². The summed E-state index contributed by atoms with van der Waals surface area (Å²) in [6.07, 6.45) is 0. The number of aliphatic imine (C=N–C) groups is 1. The summed E-state index contributed by atoms with van der Waals surface area (Å²) in [5.74, 6) is 0.401. The second-order valence-corrected chi connectivity index (χ2v) is 4.20. The lowest BCUT2D eigenvalue weighted by Crippen LogP contribution is -2.37. The third kappa shape index (κ3) is 2.44. The van der Waals surface area contributed by atoms with Gasteiger partial charge in [0.05, 0.1) is 6.54 Å². The quantitative estimate of drug-likeness (QED) is 0.830. The Labute approximate surface area is 98.7 Å². The maximum atomic E-state index is 13.4. The van der Waals surface area contributed by atoms with Gasteiger partial charge >= 0.3 is 0 Å². The predicted molar refractivity (Wildman–Crippen MR) is 63.1 cm³/mol. The van der Waals surface area contributed by atoms with Gasteiger partial charge in [0.15, 0.2) is 5.96 Å². The van der Waals surface area contributed by atoms with E-state index in [1.807, 2.05) is 6.92 Å². The predicted octanol–water partition coefficient (Wildman–Crippen LogP) is 1.92. The Morgan fingerprint density at radius 3 is 3.06 bits per heavy atom. The number of nitrogens with zero attached hydrogens (tertiary/aromatic N) is 1. The van der Waals surface area contributed by atoms with Gasteiger partial charge in [-0.25, -0.2) is 4.39 Å². The third-order valence-corrected chi connectivity index (χ3v) is 2.75. The average molecular weight is 242 g/mol. The summed E-state index contributed by atoms with van der Waals surface area (Å²) in [7, 11) is 0. The van der Waals surface area contributed by atoms with E-state index < -0.39 is 0 Å². The van der Waals surface area contributed by atoms with Crippen LogP contribution in [-0.2, 0) is 6.54 Å². The molecule has 1 unspecified atom stereocenters. The molecule has 2 N–H and O–H groups in total. The molecule has 0 aliphatic carbocycles. The molecule has 0 bridgehead atoms. The molecule has 0 saturated carbocycles. The first-order chi connectivity index (χ1) is 7.66. The van der Waals surface area contributed by atoms with Crippen molar-refractivity contribution in [2.24, 2.45) is 4.99 Å². The van der Waals surface area contributed by atoms with Crippen molar-refractivity contribution in [3.8, 4) is 0 Å². The van der Waals surface area contributed by atoms with E-state index in [1.54, 1.807) is 12.1 Å². The number of nitrogens with one attached hydrogen (secondary N) is 2. The molecule has 0 fully saturated rings. The van der Waals surface area contributed by atoms with Crippen LogP contribution in [0, 0.1) is 5.82 Å². The molecule has 0 spiro atoms. The fourth-order valence-corrected chi connectivity index (χ4v) is 1.76. The zero-order chi connectivity index (χ0) is 11.5. The number of rotatable bonds is 2. The van der Waals surface area contributed by atoms with Gasteiger partial charge in [-0.1, -0.05) is 17.7 Å². The zero-order valence-electron chi connectivity index (χ0n) is 8.93. The van der Waals surface area contributed by atoms with E-state index in [2.05, 4.69) is 15.6 Å². The smallest absolute Gasteiger partial charge is 0.191 e. The second-order valence-electron chi connectivity index (χ2n) is 3.79. The lowest BCUT2D eigenvalue weighted by atomic mass is 10.2. The molecule has 1 heterocycles. The van der Waals surface area contributed by atoms with Crippen LogP contribution in [0.25, 0.3) is 0 Å². The van der Waals surface area contributed by atoms with Crippen molar-refractivity contribution in [3.63, 3.8) is 0 Å². The lowest BCUT2D eigenvalue weighted by Gasteiger charge is -2.10. The molecular formula is C11H13ClFN3. The normalized spacial score (nSPS) is 19.2. The zero-order valence-corrected chi connectivity index (χ0v) is 9.68. The van der Waals surface area contributed by atoms with E-state index in [0.29, 0.717) is 29.1 Å². The van der Waals surface area contributed by atoms with E-state index in [0.717, 1.165) is 6.54 Å². The van der Waals surface area contributed by atoms with Gasteiger partial charge in [0.1, 0.15) is 5.82 Å². The molecule has 1 atom stereocenters. The minimum absolute atomic E-state index is 0.299. The average Bonchev–Trinajstić information content (AvgIpc) is 2.63. The van der Waals surface area contributed by atoms with Crippen LogP contribution in [0.3, 0.4) is 0 Å². The van der Waals surface area contributed by atoms with Gasteiger partial charge in [0.2, 0.25) is 0 Å². The molecule has 1 aromatic carbocycles. The van der Waals surface area contributed by atoms with Crippen molar-refractivity contribution >= 4 is 17.6 Å². The summed E-state index contributed by atoms with van der Waals surface area (Å²) in [5.41, 5.74) is 0.466. The maximum Gasteiger partial charge on any atom is 0.191 e. The summed E-state index contributed by atoms with van der Waals surface area (Å²) in [6.45, 7) is 3.12. The Kier molecular flexibility index (Phi) is 3.29. The molecule has 0 amide bonds. The Hall–Kier alpha value is -1.29. The van der Waals surface area contributed by atoms with Gasteiger partial charge in [0, 0.05) is 23.2 Å². The topological polar surface area (TPSA) is 36.4 Å². The highest BCUT2D eigenvalue weighted by molar-refractivity contribution is 6.31. The van der Waals surface area contributed by atoms with Crippen LogP contribution in [0.1, 0.15) is 12.5 Å². The number of hydrogen-bond donors (Lipinski definition) is 2. The summed E-state index contributed by atoms with van der Waals surface area (Å²) < 4.78 is 13.4. The van der Waals surface area contributed by atoms with Crippen LogP contribution >= 0.6 is 11.6 Å². The van der Waals surface area contributed by atoms with Gasteiger partial charge in [-0.15, -0.1) is 0 Å². The molecule has 1 aliphatic heterocycles. The lowest BCUT2D eigenvalue weighted by molar-refractivity contribution is 0.605. The molecule has 16 heavy (non-hydrogen) atoms. The molecule has 2 rings (SSSR count). The van der Waals surface area contributed by atoms with Gasteiger partial charge in [0.25, 0.3) is 0 Å². The van der Waals surface area contributed by atoms with Crippen LogP contribution < -0.4 is 10.6 Å². The van der Waals surface area contributed by atoms with Crippen LogP contribution in [0.4, 0.5) is 4.39 Å². The number of guanidine groups is 1. The van der Waals surface area contributed by atoms with Crippen molar-refractivity contribution in [2.75, 3.05) is 6.54 Å². The van der Waals surface area contributed by atoms with E-state index in [9.17, 15) is 4.39 Å². The molecule has 3 nitrogen and oxygen atoms in total. The minimum Gasteiger partial charge on any atom is -0.352 e. The molecular weight excluding hydrogens is 229 g/mol.